The molecule has 1 aromatic heterocycles. The number of nitrogens with two attached hydrogens (primary N) is 1. The number of nitrogen functional groups attached to an aromatic ring is 1. The van der Waals surface area contributed by atoms with Crippen molar-refractivity contribution in [3.8, 4) is 0 Å². The Hall–Kier alpha value is -1.33. The van der Waals surface area contributed by atoms with Gasteiger partial charge in [-0.3, -0.25) is 4.98 Å². The smallest absolute Gasteiger partial charge is 0.0956 e. The van der Waals surface area contributed by atoms with E-state index < -0.39 is 0 Å². The van der Waals surface area contributed by atoms with Gasteiger partial charge in [0.15, 0.2) is 0 Å². The predicted molar refractivity (Wildman–Crippen MR) is 84.0 cm³/mol. The van der Waals surface area contributed by atoms with Gasteiger partial charge in [0.1, 0.15) is 0 Å². The summed E-state index contributed by atoms with van der Waals surface area (Å²) in [6, 6.07) is 6.10. The van der Waals surface area contributed by atoms with Crippen molar-refractivity contribution in [2.45, 2.75) is 25.0 Å². The average molecular weight is 334 g/mol. The fourth-order valence-electron chi connectivity index (χ4n) is 3.27. The molecule has 5 heteroatoms. The van der Waals surface area contributed by atoms with Crippen molar-refractivity contribution >= 4 is 38.2 Å². The highest BCUT2D eigenvalue weighted by atomic mass is 79.9. The molecular weight excluding hydrogens is 318 g/mol. The number of halogens is 1. The molecule has 2 atom stereocenters. The number of pyridine rings is 1. The third kappa shape index (κ3) is 1.96. The van der Waals surface area contributed by atoms with E-state index in [4.69, 9.17) is 10.5 Å². The lowest BCUT2D eigenvalue weighted by Crippen LogP contribution is -2.42. The Bertz CT molecular complexity index is 663. The lowest BCUT2D eigenvalue weighted by Gasteiger charge is -2.34. The van der Waals surface area contributed by atoms with Crippen molar-refractivity contribution in [3.63, 3.8) is 0 Å². The van der Waals surface area contributed by atoms with Crippen LogP contribution in [0.1, 0.15) is 12.8 Å². The quantitative estimate of drug-likeness (QED) is 0.815. The summed E-state index contributed by atoms with van der Waals surface area (Å²) in [5.41, 5.74) is 9.01. The van der Waals surface area contributed by atoms with Crippen LogP contribution in [0.2, 0.25) is 0 Å². The molecule has 4 nitrogen and oxygen atoms in total. The van der Waals surface area contributed by atoms with E-state index in [1.165, 1.54) is 18.5 Å². The van der Waals surface area contributed by atoms with Gasteiger partial charge < -0.3 is 15.4 Å². The maximum atomic E-state index is 6.09. The van der Waals surface area contributed by atoms with Crippen LogP contribution in [0.4, 0.5) is 11.4 Å². The van der Waals surface area contributed by atoms with Crippen LogP contribution in [0.3, 0.4) is 0 Å². The first-order valence-corrected chi connectivity index (χ1v) is 7.74. The highest BCUT2D eigenvalue weighted by Gasteiger charge is 2.34. The number of nitrogens with zero attached hydrogens (tertiary/aromatic N) is 2. The van der Waals surface area contributed by atoms with Crippen LogP contribution in [0.5, 0.6) is 0 Å². The van der Waals surface area contributed by atoms with E-state index in [0.29, 0.717) is 12.2 Å². The van der Waals surface area contributed by atoms with Gasteiger partial charge >= 0.3 is 0 Å². The topological polar surface area (TPSA) is 51.4 Å². The Morgan fingerprint density at radius 3 is 2.75 bits per heavy atom. The second kappa shape index (κ2) is 4.60. The largest absolute Gasteiger partial charge is 0.398 e. The molecule has 2 saturated heterocycles. The van der Waals surface area contributed by atoms with E-state index in [2.05, 4.69) is 31.9 Å². The normalized spacial score (nSPS) is 25.4. The summed E-state index contributed by atoms with van der Waals surface area (Å²) in [5, 5.41) is 1.01. The summed E-state index contributed by atoms with van der Waals surface area (Å²) < 4.78 is 6.86. The van der Waals surface area contributed by atoms with E-state index in [1.54, 1.807) is 0 Å². The minimum absolute atomic E-state index is 0.372. The van der Waals surface area contributed by atoms with Gasteiger partial charge in [-0.1, -0.05) is 0 Å². The van der Waals surface area contributed by atoms with Crippen LogP contribution in [-0.4, -0.2) is 30.3 Å². The molecule has 2 aliphatic heterocycles. The van der Waals surface area contributed by atoms with Crippen LogP contribution in [0, 0.1) is 0 Å². The van der Waals surface area contributed by atoms with Crippen LogP contribution < -0.4 is 10.6 Å². The van der Waals surface area contributed by atoms with Gasteiger partial charge in [0, 0.05) is 34.8 Å². The molecule has 0 aliphatic carbocycles. The lowest BCUT2D eigenvalue weighted by atomic mass is 10.1. The highest BCUT2D eigenvalue weighted by molar-refractivity contribution is 9.10. The summed E-state index contributed by atoms with van der Waals surface area (Å²) in [6.45, 7) is 1.90. The fourth-order valence-corrected chi connectivity index (χ4v) is 3.60. The van der Waals surface area contributed by atoms with Gasteiger partial charge in [-0.05, 0) is 47.0 Å². The molecule has 3 heterocycles. The number of rotatable bonds is 1. The van der Waals surface area contributed by atoms with Crippen LogP contribution in [0.25, 0.3) is 10.9 Å². The number of hydrogen-bond acceptors (Lipinski definition) is 4. The molecule has 2 N–H and O–H groups in total. The summed E-state index contributed by atoms with van der Waals surface area (Å²) in [6.07, 6.45) is 4.93. The molecule has 2 bridgehead atoms. The molecule has 4 rings (SSSR count). The molecule has 1 aromatic carbocycles. The van der Waals surface area contributed by atoms with Crippen LogP contribution in [-0.2, 0) is 4.74 Å². The first-order valence-electron chi connectivity index (χ1n) is 6.95. The van der Waals surface area contributed by atoms with Crippen molar-refractivity contribution in [1.82, 2.24) is 4.98 Å². The number of hydrogen-bond donors (Lipinski definition) is 1. The van der Waals surface area contributed by atoms with E-state index >= 15 is 0 Å². The zero-order valence-corrected chi connectivity index (χ0v) is 12.6. The monoisotopic (exact) mass is 333 g/mol. The molecule has 2 aromatic rings. The number of anilines is 2. The molecular formula is C15H16BrN3O. The molecule has 0 saturated carbocycles. The fraction of sp³-hybridized carbons (Fsp3) is 0.400. The number of benzene rings is 1. The molecule has 2 unspecified atom stereocenters. The SMILES string of the molecule is Nc1ccc(N2CC3CCC(C2)O3)c2ncc(Br)cc12. The summed E-state index contributed by atoms with van der Waals surface area (Å²) in [7, 11) is 0. The minimum atomic E-state index is 0.372. The third-order valence-electron chi connectivity index (χ3n) is 4.21. The molecule has 0 amide bonds. The van der Waals surface area contributed by atoms with Gasteiger partial charge in [0.25, 0.3) is 0 Å². The Morgan fingerprint density at radius 1 is 1.25 bits per heavy atom. The Balaban J connectivity index is 1.82. The van der Waals surface area contributed by atoms with Crippen molar-refractivity contribution in [3.05, 3.63) is 28.9 Å². The van der Waals surface area contributed by atoms with Crippen molar-refractivity contribution in [2.24, 2.45) is 0 Å². The van der Waals surface area contributed by atoms with Gasteiger partial charge in [0.05, 0.1) is 23.4 Å². The number of ether oxygens (including phenoxy) is 1. The highest BCUT2D eigenvalue weighted by Crippen LogP contribution is 2.35. The standard InChI is InChI=1S/C15H16BrN3O/c16-9-5-12-13(17)3-4-14(15(12)18-6-9)19-7-10-1-2-11(8-19)20-10/h3-6,10-11H,1-2,7-8,17H2. The van der Waals surface area contributed by atoms with Gasteiger partial charge in [-0.25, -0.2) is 0 Å². The maximum absolute atomic E-state index is 6.09. The van der Waals surface area contributed by atoms with Crippen molar-refractivity contribution in [1.29, 1.82) is 0 Å². The summed E-state index contributed by atoms with van der Waals surface area (Å²) in [5.74, 6) is 0. The van der Waals surface area contributed by atoms with Gasteiger partial charge in [-0.15, -0.1) is 0 Å². The molecule has 104 valence electrons. The predicted octanol–water partition coefficient (Wildman–Crippen LogP) is 2.95. The van der Waals surface area contributed by atoms with E-state index in [-0.39, 0.29) is 0 Å². The Kier molecular flexibility index (Phi) is 2.86. The zero-order chi connectivity index (χ0) is 13.7. The number of morpholine rings is 1. The molecule has 0 radical (unpaired) electrons. The van der Waals surface area contributed by atoms with E-state index in [9.17, 15) is 0 Å². The molecule has 2 aliphatic rings. The molecule has 20 heavy (non-hydrogen) atoms. The van der Waals surface area contributed by atoms with Crippen molar-refractivity contribution < 1.29 is 4.74 Å². The average Bonchev–Trinajstić information content (AvgIpc) is 2.78. The van der Waals surface area contributed by atoms with Crippen LogP contribution >= 0.6 is 15.9 Å². The Labute approximate surface area is 126 Å². The second-order valence-electron chi connectivity index (χ2n) is 5.59. The van der Waals surface area contributed by atoms with Crippen molar-refractivity contribution in [2.75, 3.05) is 23.7 Å². The summed E-state index contributed by atoms with van der Waals surface area (Å²) >= 11 is 3.46. The van der Waals surface area contributed by atoms with E-state index in [0.717, 1.165) is 34.2 Å². The first-order chi connectivity index (χ1) is 9.70. The number of aromatic nitrogens is 1. The van der Waals surface area contributed by atoms with Crippen LogP contribution in [0.15, 0.2) is 28.9 Å². The first kappa shape index (κ1) is 12.4. The van der Waals surface area contributed by atoms with Gasteiger partial charge in [0.2, 0.25) is 0 Å². The molecule has 0 spiro atoms. The zero-order valence-electron chi connectivity index (χ0n) is 11.1. The minimum Gasteiger partial charge on any atom is -0.398 e. The Morgan fingerprint density at radius 2 is 2.00 bits per heavy atom. The van der Waals surface area contributed by atoms with E-state index in [1.807, 2.05) is 18.3 Å². The number of fused-ring (bicyclic) bond motifs is 3. The summed E-state index contributed by atoms with van der Waals surface area (Å²) in [4.78, 5) is 6.98. The third-order valence-corrected chi connectivity index (χ3v) is 4.65. The maximum Gasteiger partial charge on any atom is 0.0956 e. The second-order valence-corrected chi connectivity index (χ2v) is 6.50. The lowest BCUT2D eigenvalue weighted by molar-refractivity contribution is 0.0306. The van der Waals surface area contributed by atoms with Gasteiger partial charge in [-0.2, -0.15) is 0 Å². The molecule has 2 fully saturated rings.